The van der Waals surface area contributed by atoms with Gasteiger partial charge in [-0.3, -0.25) is 10.1 Å². The molecule has 26 heavy (non-hydrogen) atoms. The molecule has 0 unspecified atom stereocenters. The molecule has 5 nitrogen and oxygen atoms in total. The number of imidazole rings is 1. The number of nitro benzene ring substituents is 1. The summed E-state index contributed by atoms with van der Waals surface area (Å²) in [7, 11) is 0. The second-order valence-electron chi connectivity index (χ2n) is 6.24. The Hall–Kier alpha value is -3.73. The third kappa shape index (κ3) is 2.14. The van der Waals surface area contributed by atoms with Crippen LogP contribution >= 0.6 is 0 Å². The van der Waals surface area contributed by atoms with Crippen molar-refractivity contribution in [2.75, 3.05) is 0 Å². The van der Waals surface area contributed by atoms with Crippen molar-refractivity contribution < 1.29 is 4.92 Å². The molecule has 0 aliphatic rings. The highest BCUT2D eigenvalue weighted by Gasteiger charge is 2.12. The van der Waals surface area contributed by atoms with E-state index in [1.165, 1.54) is 22.9 Å². The summed E-state index contributed by atoms with van der Waals surface area (Å²) in [5, 5.41) is 15.6. The van der Waals surface area contributed by atoms with Crippen LogP contribution in [0.5, 0.6) is 0 Å². The second kappa shape index (κ2) is 5.39. The summed E-state index contributed by atoms with van der Waals surface area (Å²) < 4.78 is 0. The van der Waals surface area contributed by atoms with Crippen LogP contribution in [0.1, 0.15) is 0 Å². The number of H-pyrrole nitrogens is 1. The average molecular weight is 339 g/mol. The van der Waals surface area contributed by atoms with Crippen molar-refractivity contribution in [3.05, 3.63) is 82.9 Å². The predicted molar refractivity (Wildman–Crippen MR) is 103 cm³/mol. The third-order valence-corrected chi connectivity index (χ3v) is 4.70. The van der Waals surface area contributed by atoms with Gasteiger partial charge in [0, 0.05) is 23.1 Å². The Morgan fingerprint density at radius 1 is 0.846 bits per heavy atom. The smallest absolute Gasteiger partial charge is 0.270 e. The van der Waals surface area contributed by atoms with E-state index in [0.717, 1.165) is 21.8 Å². The van der Waals surface area contributed by atoms with E-state index in [9.17, 15) is 10.1 Å². The second-order valence-corrected chi connectivity index (χ2v) is 6.24. The van der Waals surface area contributed by atoms with Gasteiger partial charge in [-0.1, -0.05) is 54.6 Å². The van der Waals surface area contributed by atoms with Gasteiger partial charge in [-0.05, 0) is 22.2 Å². The minimum Gasteiger partial charge on any atom is -0.338 e. The molecule has 1 heterocycles. The van der Waals surface area contributed by atoms with Crippen molar-refractivity contribution >= 4 is 38.3 Å². The fourth-order valence-corrected chi connectivity index (χ4v) is 3.46. The maximum Gasteiger partial charge on any atom is 0.270 e. The largest absolute Gasteiger partial charge is 0.338 e. The molecule has 0 aliphatic carbocycles. The highest BCUT2D eigenvalue weighted by Crippen LogP contribution is 2.32. The van der Waals surface area contributed by atoms with Gasteiger partial charge in [0.25, 0.3) is 5.69 Å². The molecular weight excluding hydrogens is 326 g/mol. The summed E-state index contributed by atoms with van der Waals surface area (Å²) in [6.07, 6.45) is 0. The molecule has 5 heteroatoms. The van der Waals surface area contributed by atoms with Crippen LogP contribution in [0.25, 0.3) is 44.0 Å². The first kappa shape index (κ1) is 14.6. The predicted octanol–water partition coefficient (Wildman–Crippen LogP) is 5.44. The molecule has 0 amide bonds. The number of hydrogen-bond donors (Lipinski definition) is 1. The van der Waals surface area contributed by atoms with Gasteiger partial charge in [-0.25, -0.2) is 4.98 Å². The zero-order chi connectivity index (χ0) is 17.7. The summed E-state index contributed by atoms with van der Waals surface area (Å²) >= 11 is 0. The van der Waals surface area contributed by atoms with Crippen molar-refractivity contribution in [2.45, 2.75) is 0 Å². The molecule has 0 bridgehead atoms. The van der Waals surface area contributed by atoms with Crippen molar-refractivity contribution in [3.63, 3.8) is 0 Å². The maximum absolute atomic E-state index is 11.0. The first-order valence-electron chi connectivity index (χ1n) is 8.26. The quantitative estimate of drug-likeness (QED) is 0.264. The van der Waals surface area contributed by atoms with Crippen molar-refractivity contribution in [3.8, 4) is 11.4 Å². The topological polar surface area (TPSA) is 71.8 Å². The Morgan fingerprint density at radius 3 is 2.58 bits per heavy atom. The molecule has 5 rings (SSSR count). The molecule has 124 valence electrons. The van der Waals surface area contributed by atoms with Crippen LogP contribution in [0.15, 0.2) is 72.8 Å². The monoisotopic (exact) mass is 339 g/mol. The number of nitrogens with zero attached hydrogens (tertiary/aromatic N) is 2. The Bertz CT molecular complexity index is 1320. The molecule has 0 spiro atoms. The fourth-order valence-electron chi connectivity index (χ4n) is 3.46. The zero-order valence-corrected chi connectivity index (χ0v) is 13.6. The number of aromatic nitrogens is 2. The van der Waals surface area contributed by atoms with Crippen LogP contribution in [-0.2, 0) is 0 Å². The van der Waals surface area contributed by atoms with Gasteiger partial charge < -0.3 is 4.98 Å². The number of nitro groups is 1. The van der Waals surface area contributed by atoms with Gasteiger partial charge in [0.1, 0.15) is 5.82 Å². The van der Waals surface area contributed by atoms with Gasteiger partial charge in [-0.2, -0.15) is 0 Å². The number of fused-ring (bicyclic) bond motifs is 5. The summed E-state index contributed by atoms with van der Waals surface area (Å²) in [4.78, 5) is 18.7. The molecule has 0 saturated heterocycles. The van der Waals surface area contributed by atoms with E-state index in [1.54, 1.807) is 6.07 Å². The van der Waals surface area contributed by atoms with E-state index in [2.05, 4.69) is 35.3 Å². The molecule has 0 radical (unpaired) electrons. The molecule has 5 aromatic rings. The highest BCUT2D eigenvalue weighted by molar-refractivity contribution is 6.15. The number of rotatable bonds is 2. The molecule has 0 fully saturated rings. The first-order valence-corrected chi connectivity index (χ1v) is 8.26. The van der Waals surface area contributed by atoms with Crippen molar-refractivity contribution in [2.24, 2.45) is 0 Å². The van der Waals surface area contributed by atoms with Gasteiger partial charge in [0.2, 0.25) is 0 Å². The summed E-state index contributed by atoms with van der Waals surface area (Å²) in [5.41, 5.74) is 2.53. The van der Waals surface area contributed by atoms with E-state index in [0.29, 0.717) is 11.4 Å². The van der Waals surface area contributed by atoms with Crippen LogP contribution in [0.3, 0.4) is 0 Å². The van der Waals surface area contributed by atoms with Crippen LogP contribution in [0.4, 0.5) is 5.69 Å². The number of benzene rings is 4. The molecule has 1 N–H and O–H groups in total. The molecule has 0 aliphatic heterocycles. The molecule has 1 aromatic heterocycles. The Kier molecular flexibility index (Phi) is 3.03. The molecule has 4 aromatic carbocycles. The normalized spacial score (nSPS) is 11.4. The Morgan fingerprint density at radius 2 is 1.69 bits per heavy atom. The first-order chi connectivity index (χ1) is 12.7. The standard InChI is InChI=1S/C21H13N3O2/c25-24(26)15-6-3-5-14(12-15)21-22-19-11-10-17-16-7-2-1-4-13(16)8-9-18(17)20(19)23-21/h1-12H,(H,22,23). The third-order valence-electron chi connectivity index (χ3n) is 4.70. The van der Waals surface area contributed by atoms with Crippen molar-refractivity contribution in [1.29, 1.82) is 0 Å². The van der Waals surface area contributed by atoms with E-state index >= 15 is 0 Å². The van der Waals surface area contributed by atoms with Gasteiger partial charge in [0.05, 0.1) is 16.0 Å². The van der Waals surface area contributed by atoms with Gasteiger partial charge in [0.15, 0.2) is 0 Å². The van der Waals surface area contributed by atoms with Gasteiger partial charge in [-0.15, -0.1) is 0 Å². The van der Waals surface area contributed by atoms with Crippen LogP contribution < -0.4 is 0 Å². The Labute approximate surface area is 148 Å². The van der Waals surface area contributed by atoms with Crippen LogP contribution in [0, 0.1) is 10.1 Å². The summed E-state index contributed by atoms with van der Waals surface area (Å²) in [5.74, 6) is 0.629. The average Bonchev–Trinajstić information content (AvgIpc) is 3.12. The van der Waals surface area contributed by atoms with Crippen LogP contribution in [-0.4, -0.2) is 14.9 Å². The minimum absolute atomic E-state index is 0.0545. The number of aromatic amines is 1. The zero-order valence-electron chi connectivity index (χ0n) is 13.6. The molecule has 0 saturated carbocycles. The van der Waals surface area contributed by atoms with Crippen molar-refractivity contribution in [1.82, 2.24) is 9.97 Å². The maximum atomic E-state index is 11.0. The lowest BCUT2D eigenvalue weighted by Crippen LogP contribution is -1.88. The lowest BCUT2D eigenvalue weighted by Gasteiger charge is -2.03. The van der Waals surface area contributed by atoms with Gasteiger partial charge >= 0.3 is 0 Å². The minimum atomic E-state index is -0.395. The number of nitrogens with one attached hydrogen (secondary N) is 1. The van der Waals surface area contributed by atoms with E-state index in [1.807, 2.05) is 24.3 Å². The summed E-state index contributed by atoms with van der Waals surface area (Å²) in [6, 6.07) is 23.1. The molecule has 0 atom stereocenters. The number of hydrogen-bond acceptors (Lipinski definition) is 3. The highest BCUT2D eigenvalue weighted by atomic mass is 16.6. The van der Waals surface area contributed by atoms with E-state index in [-0.39, 0.29) is 5.69 Å². The van der Waals surface area contributed by atoms with E-state index < -0.39 is 4.92 Å². The van der Waals surface area contributed by atoms with E-state index in [4.69, 9.17) is 4.98 Å². The lowest BCUT2D eigenvalue weighted by molar-refractivity contribution is -0.384. The SMILES string of the molecule is O=[N+]([O-])c1cccc(-c2nc3c(ccc4c5ccccc5ccc43)[nH]2)c1. The number of non-ortho nitro benzene ring substituents is 1. The molecular formula is C21H13N3O2. The fraction of sp³-hybridized carbons (Fsp3) is 0. The summed E-state index contributed by atoms with van der Waals surface area (Å²) in [6.45, 7) is 0. The Balaban J connectivity index is 1.77. The van der Waals surface area contributed by atoms with Crippen LogP contribution in [0.2, 0.25) is 0 Å². The lowest BCUT2D eigenvalue weighted by atomic mass is 10.0.